The first-order valence-corrected chi connectivity index (χ1v) is 10.8. The lowest BCUT2D eigenvalue weighted by molar-refractivity contribution is -0.134. The number of benzene rings is 2. The molecule has 0 radical (unpaired) electrons. The van der Waals surface area contributed by atoms with Crippen molar-refractivity contribution in [2.45, 2.75) is 39.2 Å². The summed E-state index contributed by atoms with van der Waals surface area (Å²) < 4.78 is 16.5. The maximum absolute atomic E-state index is 12.8. The second-order valence-electron chi connectivity index (χ2n) is 7.92. The summed E-state index contributed by atoms with van der Waals surface area (Å²) in [5.74, 6) is 2.01. The lowest BCUT2D eigenvalue weighted by Gasteiger charge is -2.32. The molecule has 2 amide bonds. The maximum Gasteiger partial charge on any atom is 0.231 e. The summed E-state index contributed by atoms with van der Waals surface area (Å²) in [6.07, 6.45) is 3.03. The summed E-state index contributed by atoms with van der Waals surface area (Å²) in [5, 5.41) is 3.01. The summed E-state index contributed by atoms with van der Waals surface area (Å²) >= 11 is 0. The first kappa shape index (κ1) is 21.0. The molecule has 2 heterocycles. The van der Waals surface area contributed by atoms with Crippen molar-refractivity contribution in [3.05, 3.63) is 48.0 Å². The molecule has 0 saturated carbocycles. The van der Waals surface area contributed by atoms with Crippen molar-refractivity contribution >= 4 is 17.5 Å². The van der Waals surface area contributed by atoms with Gasteiger partial charge >= 0.3 is 0 Å². The monoisotopic (exact) mass is 424 g/mol. The molecule has 4 rings (SSSR count). The highest BCUT2D eigenvalue weighted by atomic mass is 16.7. The second kappa shape index (κ2) is 9.73. The number of fused-ring (bicyclic) bond motifs is 1. The highest BCUT2D eigenvalue weighted by Gasteiger charge is 2.28. The molecule has 0 aliphatic carbocycles. The van der Waals surface area contributed by atoms with Gasteiger partial charge in [0, 0.05) is 31.3 Å². The number of carbonyl (C=O) groups excluding carboxylic acids is 2. The number of rotatable bonds is 7. The normalized spacial score (nSPS) is 17.3. The number of amides is 2. The van der Waals surface area contributed by atoms with Gasteiger partial charge in [0.25, 0.3) is 0 Å². The van der Waals surface area contributed by atoms with Crippen LogP contribution in [0.3, 0.4) is 0 Å². The van der Waals surface area contributed by atoms with Crippen LogP contribution in [0.15, 0.2) is 42.5 Å². The molecule has 2 aliphatic heterocycles. The van der Waals surface area contributed by atoms with Crippen LogP contribution in [0.2, 0.25) is 0 Å². The summed E-state index contributed by atoms with van der Waals surface area (Å²) in [6, 6.07) is 13.1. The minimum absolute atomic E-state index is 0.0390. The smallest absolute Gasteiger partial charge is 0.231 e. The molecule has 2 aromatic carbocycles. The Hall–Kier alpha value is -3.22. The number of hydrogen-bond acceptors (Lipinski definition) is 5. The zero-order valence-electron chi connectivity index (χ0n) is 17.8. The Balaban J connectivity index is 1.32. The van der Waals surface area contributed by atoms with Crippen LogP contribution in [-0.4, -0.2) is 36.6 Å². The van der Waals surface area contributed by atoms with Crippen molar-refractivity contribution in [1.29, 1.82) is 0 Å². The minimum atomic E-state index is -0.178. The average molecular weight is 424 g/mol. The number of piperidine rings is 1. The SMILES string of the molecule is CCCC(=O)N1CCCC(C(=O)Nc2cccc(COc3ccc4c(c3)OCO4)c2)C1. The molecular formula is C24H28N2O5. The number of nitrogens with zero attached hydrogens (tertiary/aromatic N) is 1. The third kappa shape index (κ3) is 5.29. The van der Waals surface area contributed by atoms with Gasteiger partial charge in [0.1, 0.15) is 12.4 Å². The third-order valence-corrected chi connectivity index (χ3v) is 5.55. The first-order valence-electron chi connectivity index (χ1n) is 10.8. The highest BCUT2D eigenvalue weighted by molar-refractivity contribution is 5.93. The Labute approximate surface area is 182 Å². The largest absolute Gasteiger partial charge is 0.489 e. The Morgan fingerprint density at radius 2 is 2.03 bits per heavy atom. The van der Waals surface area contributed by atoms with Crippen molar-refractivity contribution < 1.29 is 23.8 Å². The van der Waals surface area contributed by atoms with Crippen LogP contribution in [-0.2, 0) is 16.2 Å². The molecule has 0 bridgehead atoms. The summed E-state index contributed by atoms with van der Waals surface area (Å²) in [7, 11) is 0. The van der Waals surface area contributed by atoms with Gasteiger partial charge in [-0.3, -0.25) is 9.59 Å². The van der Waals surface area contributed by atoms with Gasteiger partial charge in [-0.05, 0) is 49.1 Å². The van der Waals surface area contributed by atoms with Crippen molar-refractivity contribution in [2.24, 2.45) is 5.92 Å². The predicted octanol–water partition coefficient (Wildman–Crippen LogP) is 3.97. The van der Waals surface area contributed by atoms with Gasteiger partial charge in [0.15, 0.2) is 11.5 Å². The topological polar surface area (TPSA) is 77.1 Å². The minimum Gasteiger partial charge on any atom is -0.489 e. The van der Waals surface area contributed by atoms with Crippen LogP contribution < -0.4 is 19.5 Å². The first-order chi connectivity index (χ1) is 15.1. The van der Waals surface area contributed by atoms with Crippen molar-refractivity contribution in [1.82, 2.24) is 4.90 Å². The van der Waals surface area contributed by atoms with Gasteiger partial charge in [0.2, 0.25) is 18.6 Å². The zero-order chi connectivity index (χ0) is 21.6. The van der Waals surface area contributed by atoms with Gasteiger partial charge in [-0.1, -0.05) is 19.1 Å². The third-order valence-electron chi connectivity index (χ3n) is 5.55. The Morgan fingerprint density at radius 1 is 1.16 bits per heavy atom. The van der Waals surface area contributed by atoms with E-state index in [0.717, 1.165) is 42.8 Å². The van der Waals surface area contributed by atoms with Crippen LogP contribution in [0.5, 0.6) is 17.2 Å². The van der Waals surface area contributed by atoms with E-state index in [9.17, 15) is 9.59 Å². The summed E-state index contributed by atoms with van der Waals surface area (Å²) in [6.45, 7) is 3.83. The predicted molar refractivity (Wildman–Crippen MR) is 116 cm³/mol. The number of nitrogens with one attached hydrogen (secondary N) is 1. The molecule has 0 aromatic heterocycles. The molecule has 1 N–H and O–H groups in total. The molecule has 31 heavy (non-hydrogen) atoms. The maximum atomic E-state index is 12.8. The molecule has 0 spiro atoms. The van der Waals surface area contributed by atoms with Crippen LogP contribution in [0.1, 0.15) is 38.2 Å². The van der Waals surface area contributed by atoms with E-state index >= 15 is 0 Å². The van der Waals surface area contributed by atoms with Crippen molar-refractivity contribution in [3.63, 3.8) is 0 Å². The van der Waals surface area contributed by atoms with Gasteiger partial charge in [-0.15, -0.1) is 0 Å². The molecule has 1 fully saturated rings. The lowest BCUT2D eigenvalue weighted by atomic mass is 9.96. The van der Waals surface area contributed by atoms with Gasteiger partial charge < -0.3 is 24.4 Å². The number of likely N-dealkylation sites (tertiary alicyclic amines) is 1. The van der Waals surface area contributed by atoms with E-state index < -0.39 is 0 Å². The van der Waals surface area contributed by atoms with E-state index in [1.165, 1.54) is 0 Å². The van der Waals surface area contributed by atoms with Crippen molar-refractivity contribution in [2.75, 3.05) is 25.2 Å². The summed E-state index contributed by atoms with van der Waals surface area (Å²) in [4.78, 5) is 26.8. The fourth-order valence-corrected chi connectivity index (χ4v) is 3.91. The fourth-order valence-electron chi connectivity index (χ4n) is 3.91. The summed E-state index contributed by atoms with van der Waals surface area (Å²) in [5.41, 5.74) is 1.67. The van der Waals surface area contributed by atoms with Gasteiger partial charge in [-0.2, -0.15) is 0 Å². The molecule has 1 saturated heterocycles. The van der Waals surface area contributed by atoms with Crippen LogP contribution in [0.25, 0.3) is 0 Å². The van der Waals surface area contributed by atoms with Gasteiger partial charge in [-0.25, -0.2) is 0 Å². The number of hydrogen-bond donors (Lipinski definition) is 1. The van der Waals surface area contributed by atoms with Crippen LogP contribution in [0.4, 0.5) is 5.69 Å². The molecule has 164 valence electrons. The quantitative estimate of drug-likeness (QED) is 0.728. The highest BCUT2D eigenvalue weighted by Crippen LogP contribution is 2.35. The van der Waals surface area contributed by atoms with Crippen LogP contribution in [0, 0.1) is 5.92 Å². The molecule has 2 aliphatic rings. The van der Waals surface area contributed by atoms with E-state index in [4.69, 9.17) is 14.2 Å². The van der Waals surface area contributed by atoms with E-state index in [0.29, 0.717) is 31.1 Å². The molecule has 7 heteroatoms. The van der Waals surface area contributed by atoms with E-state index in [1.54, 1.807) is 0 Å². The standard InChI is InChI=1S/C24H28N2O5/c1-2-5-23(27)26-11-4-7-18(14-26)24(28)25-19-8-3-6-17(12-19)15-29-20-9-10-21-22(13-20)31-16-30-21/h3,6,8-10,12-13,18H,2,4-5,7,11,14-16H2,1H3,(H,25,28). The van der Waals surface area contributed by atoms with E-state index in [2.05, 4.69) is 5.32 Å². The fraction of sp³-hybridized carbons (Fsp3) is 0.417. The van der Waals surface area contributed by atoms with Crippen molar-refractivity contribution in [3.8, 4) is 17.2 Å². The molecular weight excluding hydrogens is 396 g/mol. The average Bonchev–Trinajstić information content (AvgIpc) is 3.26. The molecule has 7 nitrogen and oxygen atoms in total. The zero-order valence-corrected chi connectivity index (χ0v) is 17.8. The second-order valence-corrected chi connectivity index (χ2v) is 7.92. The van der Waals surface area contributed by atoms with Crippen LogP contribution >= 0.6 is 0 Å². The number of ether oxygens (including phenoxy) is 3. The Kier molecular flexibility index (Phi) is 6.60. The van der Waals surface area contributed by atoms with E-state index in [1.807, 2.05) is 54.3 Å². The lowest BCUT2D eigenvalue weighted by Crippen LogP contribution is -2.43. The number of anilines is 1. The molecule has 1 unspecified atom stereocenters. The van der Waals surface area contributed by atoms with Gasteiger partial charge in [0.05, 0.1) is 5.92 Å². The van der Waals surface area contributed by atoms with E-state index in [-0.39, 0.29) is 24.5 Å². The Morgan fingerprint density at radius 3 is 2.90 bits per heavy atom. The molecule has 1 atom stereocenters. The number of carbonyl (C=O) groups is 2. The molecule has 2 aromatic rings. The Bertz CT molecular complexity index is 945.